The van der Waals surface area contributed by atoms with Crippen molar-refractivity contribution in [2.75, 3.05) is 6.54 Å². The van der Waals surface area contributed by atoms with Gasteiger partial charge in [-0.2, -0.15) is 0 Å². The molecule has 0 radical (unpaired) electrons. The molecular weight excluding hydrogens is 184 g/mol. The Morgan fingerprint density at radius 3 is 2.27 bits per heavy atom. The van der Waals surface area contributed by atoms with E-state index in [-0.39, 0.29) is 11.5 Å². The minimum atomic E-state index is 0.119. The van der Waals surface area contributed by atoms with E-state index in [1.165, 1.54) is 24.0 Å². The summed E-state index contributed by atoms with van der Waals surface area (Å²) in [4.78, 5) is 0. The van der Waals surface area contributed by atoms with Crippen LogP contribution >= 0.6 is 0 Å². The van der Waals surface area contributed by atoms with Crippen LogP contribution in [0.4, 0.5) is 0 Å². The maximum absolute atomic E-state index is 6.26. The first kappa shape index (κ1) is 10.7. The highest BCUT2D eigenvalue weighted by Crippen LogP contribution is 2.52. The van der Waals surface area contributed by atoms with Gasteiger partial charge in [-0.25, -0.2) is 0 Å². The van der Waals surface area contributed by atoms with Crippen molar-refractivity contribution in [1.29, 1.82) is 0 Å². The zero-order valence-corrected chi connectivity index (χ0v) is 9.37. The Bertz CT molecular complexity index is 325. The first-order chi connectivity index (χ1) is 7.22. The Morgan fingerprint density at radius 2 is 1.87 bits per heavy atom. The number of hydrogen-bond acceptors (Lipinski definition) is 2. The Kier molecular flexibility index (Phi) is 2.81. The third-order valence-corrected chi connectivity index (χ3v) is 3.71. The molecule has 1 saturated carbocycles. The summed E-state index contributed by atoms with van der Waals surface area (Å²) in [5.41, 5.74) is 14.8. The largest absolute Gasteiger partial charge is 0.330 e. The molecule has 0 aliphatic heterocycles. The van der Waals surface area contributed by atoms with E-state index in [0.29, 0.717) is 6.54 Å². The zero-order chi connectivity index (χ0) is 10.9. The first-order valence-corrected chi connectivity index (χ1v) is 5.76. The molecule has 0 spiro atoms. The lowest BCUT2D eigenvalue weighted by Gasteiger charge is -2.22. The second-order valence-corrected chi connectivity index (χ2v) is 4.64. The summed E-state index contributed by atoms with van der Waals surface area (Å²) >= 11 is 0. The molecule has 1 aromatic rings. The Balaban J connectivity index is 2.15. The number of benzene rings is 1. The number of hydrogen-bond donors (Lipinski definition) is 2. The van der Waals surface area contributed by atoms with Crippen LogP contribution in [0.3, 0.4) is 0 Å². The number of rotatable bonds is 4. The summed E-state index contributed by atoms with van der Waals surface area (Å²) in [6.45, 7) is 2.88. The molecule has 15 heavy (non-hydrogen) atoms. The lowest BCUT2D eigenvalue weighted by molar-refractivity contribution is 0.419. The van der Waals surface area contributed by atoms with Crippen LogP contribution in [-0.2, 0) is 6.42 Å². The first-order valence-electron chi connectivity index (χ1n) is 5.76. The van der Waals surface area contributed by atoms with Crippen molar-refractivity contribution >= 4 is 0 Å². The molecule has 2 nitrogen and oxygen atoms in total. The minimum Gasteiger partial charge on any atom is -0.330 e. The Hall–Kier alpha value is -0.860. The van der Waals surface area contributed by atoms with E-state index in [0.717, 1.165) is 6.42 Å². The molecule has 1 aliphatic carbocycles. The smallest absolute Gasteiger partial charge is 0.0364 e. The van der Waals surface area contributed by atoms with Gasteiger partial charge in [0.2, 0.25) is 0 Å². The van der Waals surface area contributed by atoms with Crippen LogP contribution in [0.1, 0.15) is 36.9 Å². The quantitative estimate of drug-likeness (QED) is 0.788. The molecule has 0 bridgehead atoms. The third kappa shape index (κ3) is 1.92. The normalized spacial score (nSPS) is 19.9. The van der Waals surface area contributed by atoms with Crippen LogP contribution in [0.2, 0.25) is 0 Å². The van der Waals surface area contributed by atoms with E-state index in [9.17, 15) is 0 Å². The predicted octanol–water partition coefficient (Wildman–Crippen LogP) is 1.99. The molecule has 2 heteroatoms. The van der Waals surface area contributed by atoms with E-state index in [4.69, 9.17) is 11.5 Å². The van der Waals surface area contributed by atoms with E-state index in [2.05, 4.69) is 31.2 Å². The Morgan fingerprint density at radius 1 is 1.27 bits per heavy atom. The fourth-order valence-electron chi connectivity index (χ4n) is 2.12. The van der Waals surface area contributed by atoms with Crippen LogP contribution in [-0.4, -0.2) is 6.54 Å². The number of aryl methyl sites for hydroxylation is 1. The van der Waals surface area contributed by atoms with Crippen molar-refractivity contribution in [2.45, 2.75) is 32.2 Å². The van der Waals surface area contributed by atoms with Gasteiger partial charge in [0.05, 0.1) is 0 Å². The molecule has 82 valence electrons. The van der Waals surface area contributed by atoms with Crippen LogP contribution in [0.25, 0.3) is 0 Å². The number of nitrogens with two attached hydrogens (primary N) is 2. The standard InChI is InChI=1S/C13H20N2/c1-2-10-3-5-11(6-4-10)12(15)13(9-14)7-8-13/h3-6,12H,2,7-9,14-15H2,1H3. The molecule has 0 aromatic heterocycles. The lowest BCUT2D eigenvalue weighted by Crippen LogP contribution is -2.29. The van der Waals surface area contributed by atoms with Gasteiger partial charge in [-0.1, -0.05) is 31.2 Å². The van der Waals surface area contributed by atoms with Gasteiger partial charge in [0.15, 0.2) is 0 Å². The molecule has 4 N–H and O–H groups in total. The topological polar surface area (TPSA) is 52.0 Å². The molecule has 1 aromatic carbocycles. The van der Waals surface area contributed by atoms with E-state index in [1.54, 1.807) is 0 Å². The third-order valence-electron chi connectivity index (χ3n) is 3.71. The molecule has 1 atom stereocenters. The van der Waals surface area contributed by atoms with E-state index >= 15 is 0 Å². The summed E-state index contributed by atoms with van der Waals surface area (Å²) in [7, 11) is 0. The van der Waals surface area contributed by atoms with Crippen molar-refractivity contribution in [3.05, 3.63) is 35.4 Å². The van der Waals surface area contributed by atoms with Crippen molar-refractivity contribution in [3.8, 4) is 0 Å². The van der Waals surface area contributed by atoms with Crippen LogP contribution < -0.4 is 11.5 Å². The molecular formula is C13H20N2. The summed E-state index contributed by atoms with van der Waals surface area (Å²) in [6, 6.07) is 8.76. The van der Waals surface area contributed by atoms with Crippen molar-refractivity contribution < 1.29 is 0 Å². The molecule has 0 amide bonds. The average molecular weight is 204 g/mol. The van der Waals surface area contributed by atoms with E-state index < -0.39 is 0 Å². The molecule has 0 saturated heterocycles. The molecule has 1 unspecified atom stereocenters. The molecule has 0 heterocycles. The fraction of sp³-hybridized carbons (Fsp3) is 0.538. The van der Waals surface area contributed by atoms with Gasteiger partial charge in [0.1, 0.15) is 0 Å². The zero-order valence-electron chi connectivity index (χ0n) is 9.37. The molecule has 1 aliphatic rings. The van der Waals surface area contributed by atoms with Gasteiger partial charge < -0.3 is 11.5 Å². The van der Waals surface area contributed by atoms with Gasteiger partial charge in [-0.3, -0.25) is 0 Å². The minimum absolute atomic E-state index is 0.119. The van der Waals surface area contributed by atoms with Crippen LogP contribution in [0.15, 0.2) is 24.3 Å². The highest BCUT2D eigenvalue weighted by molar-refractivity contribution is 5.28. The lowest BCUT2D eigenvalue weighted by atomic mass is 9.90. The maximum Gasteiger partial charge on any atom is 0.0364 e. The van der Waals surface area contributed by atoms with Gasteiger partial charge in [0, 0.05) is 11.5 Å². The maximum atomic E-state index is 6.26. The summed E-state index contributed by atoms with van der Waals surface area (Å²) in [5, 5.41) is 0. The second-order valence-electron chi connectivity index (χ2n) is 4.64. The summed E-state index contributed by atoms with van der Waals surface area (Å²) < 4.78 is 0. The summed E-state index contributed by atoms with van der Waals surface area (Å²) in [6.07, 6.45) is 3.44. The highest BCUT2D eigenvalue weighted by Gasteiger charge is 2.46. The second kappa shape index (κ2) is 3.95. The molecule has 1 fully saturated rings. The van der Waals surface area contributed by atoms with Crippen molar-refractivity contribution in [2.24, 2.45) is 16.9 Å². The van der Waals surface area contributed by atoms with Gasteiger partial charge >= 0.3 is 0 Å². The van der Waals surface area contributed by atoms with Gasteiger partial charge in [0.25, 0.3) is 0 Å². The highest BCUT2D eigenvalue weighted by atomic mass is 14.8. The SMILES string of the molecule is CCc1ccc(C(N)C2(CN)CC2)cc1. The van der Waals surface area contributed by atoms with E-state index in [1.807, 2.05) is 0 Å². The van der Waals surface area contributed by atoms with Crippen molar-refractivity contribution in [1.82, 2.24) is 0 Å². The molecule has 2 rings (SSSR count). The van der Waals surface area contributed by atoms with Crippen LogP contribution in [0.5, 0.6) is 0 Å². The average Bonchev–Trinajstić information content (AvgIpc) is 3.09. The fourth-order valence-corrected chi connectivity index (χ4v) is 2.12. The predicted molar refractivity (Wildman–Crippen MR) is 63.5 cm³/mol. The van der Waals surface area contributed by atoms with Gasteiger partial charge in [-0.05, 0) is 36.9 Å². The van der Waals surface area contributed by atoms with Crippen molar-refractivity contribution in [3.63, 3.8) is 0 Å². The Labute approximate surface area is 91.7 Å². The monoisotopic (exact) mass is 204 g/mol. The van der Waals surface area contributed by atoms with Crippen LogP contribution in [0, 0.1) is 5.41 Å². The summed E-state index contributed by atoms with van der Waals surface area (Å²) in [5.74, 6) is 0. The van der Waals surface area contributed by atoms with Gasteiger partial charge in [-0.15, -0.1) is 0 Å².